The van der Waals surface area contributed by atoms with Crippen LogP contribution in [0.4, 0.5) is 10.1 Å². The number of rotatable bonds is 4. The third-order valence-corrected chi connectivity index (χ3v) is 6.40. The Hall–Kier alpha value is -0.635. The first kappa shape index (κ1) is 16.2. The SMILES string of the molecule is CN(PC1CC1)c1cccc(B2OC(C)(C)C(C)(C)O2)c1F. The van der Waals surface area contributed by atoms with Crippen molar-refractivity contribution in [1.82, 2.24) is 0 Å². The standard InChI is InChI=1S/C16H24BFNO2P/c1-15(2)16(3,4)21-17(20-15)12-7-6-8-13(14(12)18)19(5)22-11-9-10-11/h6-8,11,22H,9-10H2,1-5H3. The third kappa shape index (κ3) is 2.91. The molecule has 6 heteroatoms. The van der Waals surface area contributed by atoms with Crippen molar-refractivity contribution >= 4 is 27.0 Å². The van der Waals surface area contributed by atoms with E-state index in [1.807, 2.05) is 51.5 Å². The second kappa shape index (κ2) is 5.47. The Morgan fingerprint density at radius 1 is 1.18 bits per heavy atom. The summed E-state index contributed by atoms with van der Waals surface area (Å²) in [5.41, 5.74) is 0.953. The van der Waals surface area contributed by atoms with E-state index in [0.717, 1.165) is 5.66 Å². The molecule has 1 heterocycles. The maximum Gasteiger partial charge on any atom is 0.497 e. The van der Waals surface area contributed by atoms with Crippen LogP contribution in [0.25, 0.3) is 0 Å². The minimum atomic E-state index is -0.650. The van der Waals surface area contributed by atoms with Crippen molar-refractivity contribution < 1.29 is 13.7 Å². The lowest BCUT2D eigenvalue weighted by atomic mass is 9.78. The Balaban J connectivity index is 1.86. The number of benzene rings is 1. The molecule has 1 saturated heterocycles. The summed E-state index contributed by atoms with van der Waals surface area (Å²) in [6, 6.07) is 5.47. The van der Waals surface area contributed by atoms with E-state index in [-0.39, 0.29) is 5.82 Å². The first-order valence-corrected chi connectivity index (χ1v) is 8.88. The molecule has 22 heavy (non-hydrogen) atoms. The molecule has 2 aliphatic rings. The normalized spacial score (nSPS) is 23.5. The zero-order chi connectivity index (χ0) is 16.1. The molecule has 120 valence electrons. The predicted octanol–water partition coefficient (Wildman–Crippen LogP) is 3.32. The van der Waals surface area contributed by atoms with Gasteiger partial charge in [-0.15, -0.1) is 0 Å². The van der Waals surface area contributed by atoms with E-state index in [9.17, 15) is 4.39 Å². The van der Waals surface area contributed by atoms with Crippen LogP contribution in [-0.4, -0.2) is 31.0 Å². The van der Waals surface area contributed by atoms with Crippen molar-refractivity contribution in [3.05, 3.63) is 24.0 Å². The van der Waals surface area contributed by atoms with Gasteiger partial charge in [-0.1, -0.05) is 12.1 Å². The number of anilines is 1. The number of hydrogen-bond acceptors (Lipinski definition) is 3. The summed E-state index contributed by atoms with van der Waals surface area (Å²) in [6.07, 6.45) is 2.53. The third-order valence-electron chi connectivity index (χ3n) is 4.83. The van der Waals surface area contributed by atoms with Crippen molar-refractivity contribution in [2.75, 3.05) is 11.7 Å². The van der Waals surface area contributed by atoms with Gasteiger partial charge < -0.3 is 14.0 Å². The molecular weight excluding hydrogens is 299 g/mol. The van der Waals surface area contributed by atoms with Gasteiger partial charge in [0.05, 0.1) is 16.9 Å². The maximum absolute atomic E-state index is 15.0. The molecule has 0 bridgehead atoms. The van der Waals surface area contributed by atoms with Gasteiger partial charge in [-0.2, -0.15) is 0 Å². The lowest BCUT2D eigenvalue weighted by Crippen LogP contribution is -2.41. The molecule has 0 aromatic heterocycles. The molecule has 1 atom stereocenters. The summed E-state index contributed by atoms with van der Waals surface area (Å²) in [6.45, 7) is 7.93. The summed E-state index contributed by atoms with van der Waals surface area (Å²) in [5.74, 6) is -0.225. The summed E-state index contributed by atoms with van der Waals surface area (Å²) < 4.78 is 28.9. The monoisotopic (exact) mass is 323 g/mol. The molecule has 0 amide bonds. The largest absolute Gasteiger partial charge is 0.497 e. The van der Waals surface area contributed by atoms with Crippen LogP contribution in [0, 0.1) is 5.82 Å². The fourth-order valence-electron chi connectivity index (χ4n) is 2.50. The average molecular weight is 323 g/mol. The fraction of sp³-hybridized carbons (Fsp3) is 0.625. The number of halogens is 1. The highest BCUT2D eigenvalue weighted by molar-refractivity contribution is 7.41. The highest BCUT2D eigenvalue weighted by Crippen LogP contribution is 2.43. The van der Waals surface area contributed by atoms with Crippen LogP contribution in [0.2, 0.25) is 0 Å². The second-order valence-electron chi connectivity index (χ2n) is 7.23. The van der Waals surface area contributed by atoms with Crippen LogP contribution >= 0.6 is 8.73 Å². The van der Waals surface area contributed by atoms with Crippen molar-refractivity contribution in [1.29, 1.82) is 0 Å². The van der Waals surface area contributed by atoms with Gasteiger partial charge >= 0.3 is 7.12 Å². The Kier molecular flexibility index (Phi) is 4.04. The summed E-state index contributed by atoms with van der Waals surface area (Å²) in [4.78, 5) is 0. The number of nitrogens with zero attached hydrogens (tertiary/aromatic N) is 1. The smallest absolute Gasteiger partial charge is 0.399 e. The Bertz CT molecular complexity index is 561. The average Bonchev–Trinajstić information content (AvgIpc) is 3.17. The van der Waals surface area contributed by atoms with E-state index >= 15 is 0 Å². The van der Waals surface area contributed by atoms with Crippen LogP contribution in [0.5, 0.6) is 0 Å². The minimum Gasteiger partial charge on any atom is -0.399 e. The highest BCUT2D eigenvalue weighted by Gasteiger charge is 2.52. The van der Waals surface area contributed by atoms with Crippen molar-refractivity contribution in [2.45, 2.75) is 57.4 Å². The lowest BCUT2D eigenvalue weighted by Gasteiger charge is -2.32. The van der Waals surface area contributed by atoms with Crippen molar-refractivity contribution in [2.24, 2.45) is 0 Å². The molecule has 3 rings (SSSR count). The first-order valence-electron chi connectivity index (χ1n) is 7.85. The van der Waals surface area contributed by atoms with E-state index in [1.54, 1.807) is 6.07 Å². The molecule has 2 fully saturated rings. The molecule has 1 aromatic carbocycles. The lowest BCUT2D eigenvalue weighted by molar-refractivity contribution is 0.00578. The van der Waals surface area contributed by atoms with Crippen LogP contribution in [-0.2, 0) is 9.31 Å². The van der Waals surface area contributed by atoms with E-state index < -0.39 is 18.3 Å². The Morgan fingerprint density at radius 2 is 1.77 bits per heavy atom. The van der Waals surface area contributed by atoms with Crippen molar-refractivity contribution in [3.8, 4) is 0 Å². The fourth-order valence-corrected chi connectivity index (χ4v) is 3.79. The quantitative estimate of drug-likeness (QED) is 0.627. The first-order chi connectivity index (χ1) is 10.2. The molecule has 0 N–H and O–H groups in total. The molecule has 1 aromatic rings. The molecule has 1 aliphatic heterocycles. The second-order valence-corrected chi connectivity index (χ2v) is 8.98. The molecule has 1 saturated carbocycles. The van der Waals surface area contributed by atoms with Gasteiger partial charge in [0, 0.05) is 12.5 Å². The van der Waals surface area contributed by atoms with E-state index in [1.165, 1.54) is 12.8 Å². The molecular formula is C16H24BFNO2P. The van der Waals surface area contributed by atoms with Gasteiger partial charge in [0.2, 0.25) is 0 Å². The molecule has 3 nitrogen and oxygen atoms in total. The minimum absolute atomic E-state index is 0.225. The van der Waals surface area contributed by atoms with E-state index in [2.05, 4.69) is 0 Å². The highest BCUT2D eigenvalue weighted by atomic mass is 31.1. The molecule has 0 spiro atoms. The van der Waals surface area contributed by atoms with Crippen LogP contribution in [0.15, 0.2) is 18.2 Å². The summed E-state index contributed by atoms with van der Waals surface area (Å²) in [5, 5.41) is 0. The van der Waals surface area contributed by atoms with Crippen molar-refractivity contribution in [3.63, 3.8) is 0 Å². The van der Waals surface area contributed by atoms with Gasteiger partial charge in [0.15, 0.2) is 0 Å². The topological polar surface area (TPSA) is 21.7 Å². The van der Waals surface area contributed by atoms with Gasteiger partial charge in [-0.3, -0.25) is 0 Å². The van der Waals surface area contributed by atoms with Gasteiger partial charge in [0.25, 0.3) is 0 Å². The molecule has 1 aliphatic carbocycles. The molecule has 1 unspecified atom stereocenters. The van der Waals surface area contributed by atoms with Crippen LogP contribution in [0.1, 0.15) is 40.5 Å². The van der Waals surface area contributed by atoms with Gasteiger partial charge in [-0.05, 0) is 61.0 Å². The van der Waals surface area contributed by atoms with Crippen LogP contribution < -0.4 is 10.1 Å². The van der Waals surface area contributed by atoms with E-state index in [0.29, 0.717) is 19.9 Å². The predicted molar refractivity (Wildman–Crippen MR) is 91.9 cm³/mol. The zero-order valence-electron chi connectivity index (χ0n) is 13.9. The van der Waals surface area contributed by atoms with Gasteiger partial charge in [-0.25, -0.2) is 4.39 Å². The van der Waals surface area contributed by atoms with Crippen LogP contribution in [0.3, 0.4) is 0 Å². The Morgan fingerprint density at radius 3 is 2.32 bits per heavy atom. The Labute approximate surface area is 134 Å². The maximum atomic E-state index is 15.0. The zero-order valence-corrected chi connectivity index (χ0v) is 14.9. The number of hydrogen-bond donors (Lipinski definition) is 0. The summed E-state index contributed by atoms with van der Waals surface area (Å²) in [7, 11) is 1.95. The van der Waals surface area contributed by atoms with Gasteiger partial charge in [0.1, 0.15) is 5.82 Å². The molecule has 0 radical (unpaired) electrons. The van der Waals surface area contributed by atoms with E-state index in [4.69, 9.17) is 9.31 Å². The summed E-state index contributed by atoms with van der Waals surface area (Å²) >= 11 is 0.